The van der Waals surface area contributed by atoms with E-state index in [-0.39, 0.29) is 0 Å². The molecule has 0 saturated heterocycles. The third-order valence-electron chi connectivity index (χ3n) is 4.78. The largest absolute Gasteiger partial charge is 0.311 e. The summed E-state index contributed by atoms with van der Waals surface area (Å²) in [5.74, 6) is 1.88. The fourth-order valence-electron chi connectivity index (χ4n) is 3.79. The predicted molar refractivity (Wildman–Crippen MR) is 63.7 cm³/mol. The first kappa shape index (κ1) is 9.89. The molecule has 1 heteroatoms. The summed E-state index contributed by atoms with van der Waals surface area (Å²) in [7, 11) is 0. The molecule has 0 spiro atoms. The van der Waals surface area contributed by atoms with Crippen molar-refractivity contribution >= 4 is 0 Å². The molecule has 0 radical (unpaired) electrons. The molecule has 1 N–H and O–H groups in total. The molecule has 0 bridgehead atoms. The Bertz CT molecular complexity index is 279. The molecular formula is C14H23N. The average molecular weight is 205 g/mol. The van der Waals surface area contributed by atoms with E-state index >= 15 is 0 Å². The molecule has 0 aromatic carbocycles. The number of hydrogen-bond donors (Lipinski definition) is 1. The Kier molecular flexibility index (Phi) is 2.21. The smallest absolute Gasteiger partial charge is 0.0138 e. The van der Waals surface area contributed by atoms with Gasteiger partial charge in [-0.25, -0.2) is 0 Å². The Morgan fingerprint density at radius 3 is 2.87 bits per heavy atom. The molecule has 0 aromatic rings. The van der Waals surface area contributed by atoms with E-state index in [9.17, 15) is 0 Å². The van der Waals surface area contributed by atoms with Gasteiger partial charge in [0.05, 0.1) is 0 Å². The van der Waals surface area contributed by atoms with Crippen LogP contribution < -0.4 is 5.32 Å². The number of rotatable bonds is 2. The van der Waals surface area contributed by atoms with Crippen LogP contribution in [0.25, 0.3) is 0 Å². The van der Waals surface area contributed by atoms with E-state index in [0.717, 1.165) is 23.9 Å². The second kappa shape index (κ2) is 3.35. The zero-order valence-corrected chi connectivity index (χ0v) is 10.00. The average Bonchev–Trinajstić information content (AvgIpc) is 2.66. The molecule has 4 atom stereocenters. The molecule has 4 unspecified atom stereocenters. The molecule has 0 aliphatic heterocycles. The molecule has 3 aliphatic carbocycles. The maximum Gasteiger partial charge on any atom is 0.0138 e. The molecule has 0 aromatic heterocycles. The van der Waals surface area contributed by atoms with E-state index in [0.29, 0.717) is 5.41 Å². The highest BCUT2D eigenvalue weighted by molar-refractivity contribution is 5.13. The zero-order valence-electron chi connectivity index (χ0n) is 10.00. The van der Waals surface area contributed by atoms with Crippen molar-refractivity contribution in [3.8, 4) is 0 Å². The van der Waals surface area contributed by atoms with Gasteiger partial charge in [0, 0.05) is 12.1 Å². The van der Waals surface area contributed by atoms with Gasteiger partial charge in [-0.3, -0.25) is 0 Å². The van der Waals surface area contributed by atoms with Gasteiger partial charge < -0.3 is 5.32 Å². The molecule has 1 nitrogen and oxygen atoms in total. The lowest BCUT2D eigenvalue weighted by Gasteiger charge is -2.42. The second-order valence-electron chi connectivity index (χ2n) is 6.61. The summed E-state index contributed by atoms with van der Waals surface area (Å²) < 4.78 is 0. The third-order valence-corrected chi connectivity index (χ3v) is 4.78. The van der Waals surface area contributed by atoms with E-state index in [4.69, 9.17) is 0 Å². The van der Waals surface area contributed by atoms with E-state index in [1.807, 2.05) is 0 Å². The fraction of sp³-hybridized carbons (Fsp3) is 0.857. The molecule has 84 valence electrons. The molecule has 2 fully saturated rings. The molecule has 3 aliphatic rings. The normalized spacial score (nSPS) is 46.5. The molecule has 15 heavy (non-hydrogen) atoms. The molecule has 2 saturated carbocycles. The van der Waals surface area contributed by atoms with Crippen LogP contribution in [0.1, 0.15) is 46.0 Å². The van der Waals surface area contributed by atoms with Crippen LogP contribution in [0.2, 0.25) is 0 Å². The summed E-state index contributed by atoms with van der Waals surface area (Å²) >= 11 is 0. The minimum atomic E-state index is 0.590. The highest BCUT2D eigenvalue weighted by atomic mass is 15.0. The van der Waals surface area contributed by atoms with Crippen molar-refractivity contribution in [3.05, 3.63) is 12.2 Å². The van der Waals surface area contributed by atoms with Crippen LogP contribution >= 0.6 is 0 Å². The van der Waals surface area contributed by atoms with Crippen molar-refractivity contribution in [1.82, 2.24) is 5.32 Å². The van der Waals surface area contributed by atoms with Crippen LogP contribution in [0.3, 0.4) is 0 Å². The topological polar surface area (TPSA) is 12.0 Å². The maximum absolute atomic E-state index is 3.89. The van der Waals surface area contributed by atoms with Crippen LogP contribution in [0.15, 0.2) is 12.2 Å². The lowest BCUT2D eigenvalue weighted by Crippen LogP contribution is -2.51. The first-order valence-electron chi connectivity index (χ1n) is 6.57. The van der Waals surface area contributed by atoms with Crippen molar-refractivity contribution < 1.29 is 0 Å². The van der Waals surface area contributed by atoms with Gasteiger partial charge in [0.1, 0.15) is 0 Å². The second-order valence-corrected chi connectivity index (χ2v) is 6.61. The highest BCUT2D eigenvalue weighted by Gasteiger charge is 2.43. The minimum Gasteiger partial charge on any atom is -0.311 e. The minimum absolute atomic E-state index is 0.590. The van der Waals surface area contributed by atoms with Gasteiger partial charge in [-0.15, -0.1) is 0 Å². The number of nitrogens with one attached hydrogen (secondary N) is 1. The van der Waals surface area contributed by atoms with E-state index in [1.165, 1.54) is 32.1 Å². The van der Waals surface area contributed by atoms with Crippen molar-refractivity contribution in [2.75, 3.05) is 0 Å². The van der Waals surface area contributed by atoms with E-state index in [1.54, 1.807) is 0 Å². The number of allylic oxidation sites excluding steroid dienone is 1. The van der Waals surface area contributed by atoms with Gasteiger partial charge in [0.2, 0.25) is 0 Å². The van der Waals surface area contributed by atoms with Gasteiger partial charge in [0.25, 0.3) is 0 Å². The van der Waals surface area contributed by atoms with E-state index in [2.05, 4.69) is 31.3 Å². The molecular weight excluding hydrogens is 182 g/mol. The Morgan fingerprint density at radius 2 is 2.20 bits per heavy atom. The van der Waals surface area contributed by atoms with Crippen molar-refractivity contribution in [1.29, 1.82) is 0 Å². The van der Waals surface area contributed by atoms with Gasteiger partial charge in [-0.1, -0.05) is 26.0 Å². The van der Waals surface area contributed by atoms with Gasteiger partial charge in [-0.2, -0.15) is 0 Å². The SMILES string of the molecule is CC1(C)CCC(NC2CC3CC=CC32)C1. The summed E-state index contributed by atoms with van der Waals surface area (Å²) in [6.07, 6.45) is 11.8. The summed E-state index contributed by atoms with van der Waals surface area (Å²) in [6, 6.07) is 1.62. The van der Waals surface area contributed by atoms with Gasteiger partial charge >= 0.3 is 0 Å². The lowest BCUT2D eigenvalue weighted by atomic mass is 9.71. The van der Waals surface area contributed by atoms with Crippen LogP contribution in [0.4, 0.5) is 0 Å². The Labute approximate surface area is 93.3 Å². The zero-order chi connectivity index (χ0) is 10.5. The van der Waals surface area contributed by atoms with Crippen LogP contribution in [-0.2, 0) is 0 Å². The first-order chi connectivity index (χ1) is 7.14. The predicted octanol–water partition coefficient (Wildman–Crippen LogP) is 3.12. The highest BCUT2D eigenvalue weighted by Crippen LogP contribution is 2.44. The van der Waals surface area contributed by atoms with Crippen LogP contribution in [-0.4, -0.2) is 12.1 Å². The molecule has 3 rings (SSSR count). The fourth-order valence-corrected chi connectivity index (χ4v) is 3.79. The summed E-state index contributed by atoms with van der Waals surface area (Å²) in [5, 5.41) is 3.89. The van der Waals surface area contributed by atoms with Gasteiger partial charge in [0.15, 0.2) is 0 Å². The van der Waals surface area contributed by atoms with Crippen LogP contribution in [0.5, 0.6) is 0 Å². The molecule has 0 amide bonds. The third kappa shape index (κ3) is 1.75. The maximum atomic E-state index is 3.89. The van der Waals surface area contributed by atoms with Crippen molar-refractivity contribution in [2.45, 2.75) is 58.0 Å². The van der Waals surface area contributed by atoms with Crippen LogP contribution in [0, 0.1) is 17.3 Å². The quantitative estimate of drug-likeness (QED) is 0.683. The van der Waals surface area contributed by atoms with Gasteiger partial charge in [-0.05, 0) is 49.4 Å². The Balaban J connectivity index is 1.53. The first-order valence-corrected chi connectivity index (χ1v) is 6.57. The van der Waals surface area contributed by atoms with Crippen molar-refractivity contribution in [3.63, 3.8) is 0 Å². The molecule has 0 heterocycles. The van der Waals surface area contributed by atoms with E-state index < -0.39 is 0 Å². The Hall–Kier alpha value is -0.300. The number of fused-ring (bicyclic) bond motifs is 1. The lowest BCUT2D eigenvalue weighted by molar-refractivity contribution is 0.148. The summed E-state index contributed by atoms with van der Waals surface area (Å²) in [5.41, 5.74) is 0.590. The van der Waals surface area contributed by atoms with Crippen molar-refractivity contribution in [2.24, 2.45) is 17.3 Å². The monoisotopic (exact) mass is 205 g/mol. The Morgan fingerprint density at radius 1 is 1.33 bits per heavy atom. The standard InChI is InChI=1S/C14H23N/c1-14(2)7-6-11(9-14)15-13-8-10-4-3-5-12(10)13/h3,5,10-13,15H,4,6-9H2,1-2H3. The number of hydrogen-bond acceptors (Lipinski definition) is 1. The summed E-state index contributed by atoms with van der Waals surface area (Å²) in [6.45, 7) is 4.82. The summed E-state index contributed by atoms with van der Waals surface area (Å²) in [4.78, 5) is 0.